The molecule has 7 heteroatoms. The van der Waals surface area contributed by atoms with Gasteiger partial charge in [0.2, 0.25) is 0 Å². The van der Waals surface area contributed by atoms with Gasteiger partial charge in [-0.25, -0.2) is 13.4 Å². The minimum Gasteiger partial charge on any atom is -0.396 e. The number of nitrogens with zero attached hydrogens (tertiary/aromatic N) is 2. The fourth-order valence-corrected chi connectivity index (χ4v) is 3.43. The van der Waals surface area contributed by atoms with Crippen LogP contribution in [-0.4, -0.2) is 26.7 Å². The first-order chi connectivity index (χ1) is 9.29. The summed E-state index contributed by atoms with van der Waals surface area (Å²) in [6, 6.07) is 5.03. The Balaban J connectivity index is 2.33. The van der Waals surface area contributed by atoms with Crippen LogP contribution in [0.2, 0.25) is 0 Å². The summed E-state index contributed by atoms with van der Waals surface area (Å²) in [5.74, 6) is 0. The highest BCUT2D eigenvalue weighted by Crippen LogP contribution is 2.29. The highest BCUT2D eigenvalue weighted by molar-refractivity contribution is 7.90. The number of thiazole rings is 1. The van der Waals surface area contributed by atoms with Gasteiger partial charge >= 0.3 is 0 Å². The quantitative estimate of drug-likeness (QED) is 0.875. The van der Waals surface area contributed by atoms with Crippen LogP contribution >= 0.6 is 11.3 Å². The first kappa shape index (κ1) is 14.8. The number of rotatable bonds is 4. The fourth-order valence-electron chi connectivity index (χ4n) is 2.00. The molecule has 0 spiro atoms. The van der Waals surface area contributed by atoms with Gasteiger partial charge in [-0.05, 0) is 19.1 Å². The third kappa shape index (κ3) is 3.10. The van der Waals surface area contributed by atoms with Crippen LogP contribution in [0.25, 0.3) is 0 Å². The Bertz CT molecular complexity index is 723. The van der Waals surface area contributed by atoms with Gasteiger partial charge in [-0.3, -0.25) is 0 Å². The SMILES string of the molecule is Cc1nc(CN(C)c2cccc(S(C)(=O)=O)c2N)cs1. The van der Waals surface area contributed by atoms with Crippen molar-refractivity contribution in [2.24, 2.45) is 0 Å². The monoisotopic (exact) mass is 311 g/mol. The van der Waals surface area contributed by atoms with E-state index in [-0.39, 0.29) is 10.6 Å². The predicted molar refractivity (Wildman–Crippen MR) is 82.9 cm³/mol. The molecule has 1 aromatic carbocycles. The number of sulfone groups is 1. The van der Waals surface area contributed by atoms with E-state index in [1.807, 2.05) is 30.3 Å². The molecule has 0 fully saturated rings. The highest BCUT2D eigenvalue weighted by atomic mass is 32.2. The van der Waals surface area contributed by atoms with Crippen molar-refractivity contribution in [2.45, 2.75) is 18.4 Å². The second kappa shape index (κ2) is 5.41. The number of aromatic nitrogens is 1. The summed E-state index contributed by atoms with van der Waals surface area (Å²) in [5.41, 5.74) is 7.91. The molecular weight excluding hydrogens is 294 g/mol. The summed E-state index contributed by atoms with van der Waals surface area (Å²) in [7, 11) is -1.46. The van der Waals surface area contributed by atoms with E-state index in [1.54, 1.807) is 17.4 Å². The second-order valence-electron chi connectivity index (χ2n) is 4.68. The lowest BCUT2D eigenvalue weighted by molar-refractivity contribution is 0.602. The number of nitrogens with two attached hydrogens (primary N) is 1. The van der Waals surface area contributed by atoms with Gasteiger partial charge in [-0.2, -0.15) is 0 Å². The third-order valence-corrected chi connectivity index (χ3v) is 4.90. The van der Waals surface area contributed by atoms with E-state index in [0.29, 0.717) is 12.2 Å². The Morgan fingerprint density at radius 1 is 1.40 bits per heavy atom. The molecule has 0 aliphatic carbocycles. The van der Waals surface area contributed by atoms with Gasteiger partial charge in [-0.15, -0.1) is 11.3 Å². The zero-order valence-electron chi connectivity index (χ0n) is 11.6. The van der Waals surface area contributed by atoms with Crippen molar-refractivity contribution < 1.29 is 8.42 Å². The molecule has 2 rings (SSSR count). The Labute approximate surface area is 123 Å². The molecule has 1 aromatic heterocycles. The summed E-state index contributed by atoms with van der Waals surface area (Å²) in [6.45, 7) is 2.54. The van der Waals surface area contributed by atoms with Crippen molar-refractivity contribution in [1.82, 2.24) is 4.98 Å². The molecule has 2 aromatic rings. The molecule has 5 nitrogen and oxygen atoms in total. The lowest BCUT2D eigenvalue weighted by Gasteiger charge is -2.21. The molecule has 0 amide bonds. The summed E-state index contributed by atoms with van der Waals surface area (Å²) < 4.78 is 23.4. The van der Waals surface area contributed by atoms with E-state index in [0.717, 1.165) is 17.0 Å². The lowest BCUT2D eigenvalue weighted by Crippen LogP contribution is -2.19. The molecule has 1 heterocycles. The smallest absolute Gasteiger partial charge is 0.177 e. The molecule has 0 bridgehead atoms. The number of benzene rings is 1. The van der Waals surface area contributed by atoms with E-state index in [9.17, 15) is 8.42 Å². The van der Waals surface area contributed by atoms with Crippen molar-refractivity contribution in [3.05, 3.63) is 34.3 Å². The number of anilines is 2. The zero-order chi connectivity index (χ0) is 14.9. The van der Waals surface area contributed by atoms with Crippen molar-refractivity contribution >= 4 is 32.5 Å². The Morgan fingerprint density at radius 2 is 2.10 bits per heavy atom. The van der Waals surface area contributed by atoms with Gasteiger partial charge in [0.05, 0.1) is 33.5 Å². The number of aryl methyl sites for hydroxylation is 1. The van der Waals surface area contributed by atoms with E-state index >= 15 is 0 Å². The molecule has 108 valence electrons. The average molecular weight is 311 g/mol. The van der Waals surface area contributed by atoms with E-state index in [4.69, 9.17) is 5.73 Å². The maximum Gasteiger partial charge on any atom is 0.177 e. The maximum atomic E-state index is 11.7. The van der Waals surface area contributed by atoms with Gasteiger partial charge in [0.1, 0.15) is 0 Å². The molecule has 0 saturated heterocycles. The van der Waals surface area contributed by atoms with Crippen LogP contribution in [0.1, 0.15) is 10.7 Å². The maximum absolute atomic E-state index is 11.7. The summed E-state index contributed by atoms with van der Waals surface area (Å²) in [6.07, 6.45) is 1.16. The van der Waals surface area contributed by atoms with Crippen LogP contribution < -0.4 is 10.6 Å². The van der Waals surface area contributed by atoms with Crippen molar-refractivity contribution in [3.63, 3.8) is 0 Å². The first-order valence-corrected chi connectivity index (χ1v) is 8.77. The predicted octanol–water partition coefficient (Wildman–Crippen LogP) is 2.07. The minimum atomic E-state index is -3.32. The number of nitrogen functional groups attached to an aromatic ring is 1. The van der Waals surface area contributed by atoms with Crippen molar-refractivity contribution in [2.75, 3.05) is 23.9 Å². The van der Waals surface area contributed by atoms with Crippen LogP contribution in [0.3, 0.4) is 0 Å². The van der Waals surface area contributed by atoms with Gasteiger partial charge in [0.25, 0.3) is 0 Å². The van der Waals surface area contributed by atoms with Gasteiger partial charge in [0.15, 0.2) is 9.84 Å². The molecule has 0 radical (unpaired) electrons. The minimum absolute atomic E-state index is 0.163. The molecule has 0 saturated carbocycles. The lowest BCUT2D eigenvalue weighted by atomic mass is 10.2. The van der Waals surface area contributed by atoms with Crippen molar-refractivity contribution in [1.29, 1.82) is 0 Å². The Morgan fingerprint density at radius 3 is 2.65 bits per heavy atom. The normalized spacial score (nSPS) is 11.6. The molecule has 0 aliphatic rings. The molecular formula is C13H17N3O2S2. The number of para-hydroxylation sites is 1. The van der Waals surface area contributed by atoms with Gasteiger partial charge in [0, 0.05) is 18.7 Å². The second-order valence-corrected chi connectivity index (χ2v) is 7.72. The van der Waals surface area contributed by atoms with Gasteiger partial charge < -0.3 is 10.6 Å². The topological polar surface area (TPSA) is 76.3 Å². The molecule has 0 atom stereocenters. The van der Waals surface area contributed by atoms with Crippen LogP contribution in [0.15, 0.2) is 28.5 Å². The first-order valence-electron chi connectivity index (χ1n) is 5.99. The molecule has 0 unspecified atom stereocenters. The largest absolute Gasteiger partial charge is 0.396 e. The average Bonchev–Trinajstić information content (AvgIpc) is 2.73. The molecule has 0 aliphatic heterocycles. The third-order valence-electron chi connectivity index (χ3n) is 2.92. The summed E-state index contributed by atoms with van der Waals surface area (Å²) in [4.78, 5) is 6.46. The van der Waals surface area contributed by atoms with Crippen molar-refractivity contribution in [3.8, 4) is 0 Å². The van der Waals surface area contributed by atoms with E-state index < -0.39 is 9.84 Å². The molecule has 20 heavy (non-hydrogen) atoms. The summed E-state index contributed by atoms with van der Waals surface area (Å²) >= 11 is 1.59. The Hall–Kier alpha value is -1.60. The zero-order valence-corrected chi connectivity index (χ0v) is 13.3. The fraction of sp³-hybridized carbons (Fsp3) is 0.308. The summed E-state index contributed by atoms with van der Waals surface area (Å²) in [5, 5.41) is 2.99. The van der Waals surface area contributed by atoms with Crippen LogP contribution in [0.4, 0.5) is 11.4 Å². The standard InChI is InChI=1S/C13H17N3O2S2/c1-9-15-10(8-19-9)7-16(2)11-5-4-6-12(13(11)14)20(3,17)18/h4-6,8H,7,14H2,1-3H3. The van der Waals surface area contributed by atoms with Crippen LogP contribution in [-0.2, 0) is 16.4 Å². The van der Waals surface area contributed by atoms with Gasteiger partial charge in [-0.1, -0.05) is 6.07 Å². The van der Waals surface area contributed by atoms with E-state index in [2.05, 4.69) is 4.98 Å². The number of hydrogen-bond donors (Lipinski definition) is 1. The van der Waals surface area contributed by atoms with Crippen LogP contribution in [0, 0.1) is 6.92 Å². The number of hydrogen-bond acceptors (Lipinski definition) is 6. The van der Waals surface area contributed by atoms with E-state index in [1.165, 1.54) is 6.07 Å². The Kier molecular flexibility index (Phi) is 4.01. The highest BCUT2D eigenvalue weighted by Gasteiger charge is 2.16. The van der Waals surface area contributed by atoms with Crippen LogP contribution in [0.5, 0.6) is 0 Å². The molecule has 2 N–H and O–H groups in total.